The predicted octanol–water partition coefficient (Wildman–Crippen LogP) is 4.36. The second-order valence-corrected chi connectivity index (χ2v) is 5.38. The van der Waals surface area contributed by atoms with Gasteiger partial charge in [0.25, 0.3) is 0 Å². The molecular formula is C16H16OS. The van der Waals surface area contributed by atoms with Gasteiger partial charge in [-0.3, -0.25) is 0 Å². The number of benzene rings is 1. The smallest absolute Gasteiger partial charge is 0.0503 e. The lowest BCUT2D eigenvalue weighted by molar-refractivity contribution is 0.119. The third-order valence-corrected chi connectivity index (χ3v) is 4.17. The first-order valence-electron chi connectivity index (χ1n) is 6.34. The molecule has 0 atom stereocenters. The lowest BCUT2D eigenvalue weighted by atomic mass is 9.94. The highest BCUT2D eigenvalue weighted by molar-refractivity contribution is 7.11. The van der Waals surface area contributed by atoms with E-state index in [1.807, 2.05) is 11.3 Å². The topological polar surface area (TPSA) is 9.23 Å². The molecule has 3 rings (SSSR count). The van der Waals surface area contributed by atoms with E-state index in [1.165, 1.54) is 21.6 Å². The van der Waals surface area contributed by atoms with Crippen molar-refractivity contribution < 1.29 is 4.74 Å². The Kier molecular flexibility index (Phi) is 3.58. The van der Waals surface area contributed by atoms with Crippen LogP contribution in [-0.2, 0) is 4.74 Å². The normalized spacial score (nSPS) is 15.7. The molecule has 2 heteroatoms. The second kappa shape index (κ2) is 5.51. The molecular weight excluding hydrogens is 240 g/mol. The molecule has 2 aromatic rings. The average Bonchev–Trinajstić information content (AvgIpc) is 2.95. The van der Waals surface area contributed by atoms with E-state index >= 15 is 0 Å². The largest absolute Gasteiger partial charge is 0.381 e. The van der Waals surface area contributed by atoms with Crippen molar-refractivity contribution in [3.8, 4) is 0 Å². The van der Waals surface area contributed by atoms with E-state index in [0.29, 0.717) is 0 Å². The Morgan fingerprint density at radius 3 is 2.39 bits per heavy atom. The molecule has 18 heavy (non-hydrogen) atoms. The minimum atomic E-state index is 0.858. The molecule has 0 unspecified atom stereocenters. The molecule has 1 aliphatic rings. The third kappa shape index (κ3) is 2.40. The SMILES string of the molecule is c1ccc(C(=C2CCOCC2)c2cccs2)cc1. The molecule has 1 aliphatic heterocycles. The van der Waals surface area contributed by atoms with Crippen LogP contribution < -0.4 is 0 Å². The Morgan fingerprint density at radius 2 is 1.72 bits per heavy atom. The summed E-state index contributed by atoms with van der Waals surface area (Å²) in [5.74, 6) is 0. The molecule has 1 fully saturated rings. The van der Waals surface area contributed by atoms with Crippen molar-refractivity contribution in [2.75, 3.05) is 13.2 Å². The molecule has 0 bridgehead atoms. The molecule has 92 valence electrons. The van der Waals surface area contributed by atoms with Crippen molar-refractivity contribution in [2.45, 2.75) is 12.8 Å². The van der Waals surface area contributed by atoms with Gasteiger partial charge >= 0.3 is 0 Å². The van der Waals surface area contributed by atoms with Crippen LogP contribution in [0, 0.1) is 0 Å². The van der Waals surface area contributed by atoms with Crippen molar-refractivity contribution >= 4 is 16.9 Å². The first-order valence-corrected chi connectivity index (χ1v) is 7.22. The Hall–Kier alpha value is -1.38. The summed E-state index contributed by atoms with van der Waals surface area (Å²) in [4.78, 5) is 1.37. The predicted molar refractivity (Wildman–Crippen MR) is 76.8 cm³/mol. The van der Waals surface area contributed by atoms with Gasteiger partial charge < -0.3 is 4.74 Å². The van der Waals surface area contributed by atoms with Crippen LogP contribution in [0.5, 0.6) is 0 Å². The van der Waals surface area contributed by atoms with E-state index in [-0.39, 0.29) is 0 Å². The lowest BCUT2D eigenvalue weighted by Gasteiger charge is -2.19. The summed E-state index contributed by atoms with van der Waals surface area (Å²) in [5.41, 5.74) is 4.29. The zero-order valence-corrected chi connectivity index (χ0v) is 11.1. The summed E-state index contributed by atoms with van der Waals surface area (Å²) in [5, 5.41) is 2.15. The van der Waals surface area contributed by atoms with Gasteiger partial charge in [-0.25, -0.2) is 0 Å². The van der Waals surface area contributed by atoms with Crippen LogP contribution in [0.25, 0.3) is 5.57 Å². The highest BCUT2D eigenvalue weighted by Crippen LogP contribution is 2.33. The fraction of sp³-hybridized carbons (Fsp3) is 0.250. The van der Waals surface area contributed by atoms with Crippen molar-refractivity contribution in [1.82, 2.24) is 0 Å². The van der Waals surface area contributed by atoms with Gasteiger partial charge in [0, 0.05) is 4.88 Å². The summed E-state index contributed by atoms with van der Waals surface area (Å²) >= 11 is 1.82. The summed E-state index contributed by atoms with van der Waals surface area (Å²) in [6, 6.07) is 15.1. The summed E-state index contributed by atoms with van der Waals surface area (Å²) in [6.45, 7) is 1.72. The molecule has 0 amide bonds. The van der Waals surface area contributed by atoms with Crippen LogP contribution >= 0.6 is 11.3 Å². The van der Waals surface area contributed by atoms with Crippen molar-refractivity contribution in [1.29, 1.82) is 0 Å². The van der Waals surface area contributed by atoms with Gasteiger partial charge in [-0.05, 0) is 35.4 Å². The maximum Gasteiger partial charge on any atom is 0.0503 e. The second-order valence-electron chi connectivity index (χ2n) is 4.43. The van der Waals surface area contributed by atoms with Crippen LogP contribution in [0.1, 0.15) is 23.3 Å². The maximum atomic E-state index is 5.47. The molecule has 1 aromatic heterocycles. The number of rotatable bonds is 2. The van der Waals surface area contributed by atoms with E-state index in [1.54, 1.807) is 0 Å². The summed E-state index contributed by atoms with van der Waals surface area (Å²) in [6.07, 6.45) is 2.12. The minimum Gasteiger partial charge on any atom is -0.381 e. The van der Waals surface area contributed by atoms with Gasteiger partial charge in [0.1, 0.15) is 0 Å². The standard InChI is InChI=1S/C16H16OS/c1-2-5-13(6-3-1)16(15-7-4-12-18-15)14-8-10-17-11-9-14/h1-7,12H,8-11H2. The van der Waals surface area contributed by atoms with Gasteiger partial charge in [0.2, 0.25) is 0 Å². The molecule has 0 aliphatic carbocycles. The van der Waals surface area contributed by atoms with Crippen LogP contribution in [0.4, 0.5) is 0 Å². The molecule has 0 radical (unpaired) electrons. The van der Waals surface area contributed by atoms with Crippen molar-refractivity contribution in [3.63, 3.8) is 0 Å². The van der Waals surface area contributed by atoms with Crippen molar-refractivity contribution in [2.24, 2.45) is 0 Å². The molecule has 0 N–H and O–H groups in total. The first-order chi connectivity index (χ1) is 8.95. The third-order valence-electron chi connectivity index (χ3n) is 3.28. The van der Waals surface area contributed by atoms with Gasteiger partial charge in [0.15, 0.2) is 0 Å². The fourth-order valence-corrected chi connectivity index (χ4v) is 3.25. The zero-order chi connectivity index (χ0) is 12.2. The van der Waals surface area contributed by atoms with E-state index in [2.05, 4.69) is 47.8 Å². The maximum absolute atomic E-state index is 5.47. The van der Waals surface area contributed by atoms with Crippen molar-refractivity contribution in [3.05, 3.63) is 63.9 Å². The van der Waals surface area contributed by atoms with Crippen LogP contribution in [0.15, 0.2) is 53.4 Å². The molecule has 1 aromatic carbocycles. The Labute approximate surface area is 112 Å². The quantitative estimate of drug-likeness (QED) is 0.775. The van der Waals surface area contributed by atoms with E-state index < -0.39 is 0 Å². The monoisotopic (exact) mass is 256 g/mol. The molecule has 1 saturated heterocycles. The first kappa shape index (κ1) is 11.7. The molecule has 1 nitrogen and oxygen atoms in total. The Bertz CT molecular complexity index is 517. The van der Waals surface area contributed by atoms with Crippen LogP contribution in [0.3, 0.4) is 0 Å². The molecule has 2 heterocycles. The Balaban J connectivity index is 2.09. The van der Waals surface area contributed by atoms with Crippen LogP contribution in [0.2, 0.25) is 0 Å². The fourth-order valence-electron chi connectivity index (χ4n) is 2.41. The van der Waals surface area contributed by atoms with E-state index in [0.717, 1.165) is 26.1 Å². The number of hydrogen-bond acceptors (Lipinski definition) is 2. The Morgan fingerprint density at radius 1 is 0.944 bits per heavy atom. The average molecular weight is 256 g/mol. The molecule has 0 saturated carbocycles. The van der Waals surface area contributed by atoms with Crippen LogP contribution in [-0.4, -0.2) is 13.2 Å². The minimum absolute atomic E-state index is 0.858. The van der Waals surface area contributed by atoms with E-state index in [9.17, 15) is 0 Å². The summed E-state index contributed by atoms with van der Waals surface area (Å²) in [7, 11) is 0. The summed E-state index contributed by atoms with van der Waals surface area (Å²) < 4.78 is 5.47. The zero-order valence-electron chi connectivity index (χ0n) is 10.3. The van der Waals surface area contributed by atoms with Gasteiger partial charge in [0.05, 0.1) is 13.2 Å². The lowest BCUT2D eigenvalue weighted by Crippen LogP contribution is -2.09. The van der Waals surface area contributed by atoms with Gasteiger partial charge in [-0.2, -0.15) is 0 Å². The number of ether oxygens (including phenoxy) is 1. The number of thiophene rings is 1. The van der Waals surface area contributed by atoms with Gasteiger partial charge in [-0.15, -0.1) is 11.3 Å². The highest BCUT2D eigenvalue weighted by Gasteiger charge is 2.15. The molecule has 0 spiro atoms. The van der Waals surface area contributed by atoms with Gasteiger partial charge in [-0.1, -0.05) is 42.0 Å². The number of hydrogen-bond donors (Lipinski definition) is 0. The van der Waals surface area contributed by atoms with E-state index in [4.69, 9.17) is 4.74 Å². The highest BCUT2D eigenvalue weighted by atomic mass is 32.1.